The fourth-order valence-corrected chi connectivity index (χ4v) is 17.8. The molecule has 11 aliphatic rings. The molecule has 10 fully saturated rings. The summed E-state index contributed by atoms with van der Waals surface area (Å²) >= 11 is 0. The lowest BCUT2D eigenvalue weighted by Crippen LogP contribution is -2.75. The number of allylic oxidation sites excluding steroid dienone is 1. The van der Waals surface area contributed by atoms with E-state index >= 15 is 0 Å². The Bertz CT molecular complexity index is 2600. The highest BCUT2D eigenvalue weighted by atomic mass is 16.8. The first kappa shape index (κ1) is 68.6. The molecule has 0 aromatic heterocycles. The molecule has 13 N–H and O–H groups in total. The first-order valence-corrected chi connectivity index (χ1v) is 31.5. The lowest BCUT2D eigenvalue weighted by Gasteiger charge is -2.61. The third-order valence-electron chi connectivity index (χ3n) is 22.4. The van der Waals surface area contributed by atoms with Gasteiger partial charge in [0, 0.05) is 44.4 Å². The highest BCUT2D eigenvalue weighted by Crippen LogP contribution is 2.72. The van der Waals surface area contributed by atoms with E-state index in [2.05, 4.69) is 19.9 Å². The van der Waals surface area contributed by atoms with Gasteiger partial charge >= 0.3 is 17.9 Å². The summed E-state index contributed by atoms with van der Waals surface area (Å²) in [5.41, 5.74) is -4.91. The van der Waals surface area contributed by atoms with Gasteiger partial charge in [0.2, 0.25) is 0 Å². The standard InChI is InChI=1S/C60H92O30/c1-23-15-82-60(49(44(23)84-26(4)64)59(21-62)50(74)41(71)35(68)19-81-59)33(16-77-25(3)63)39-37(90-60)14-32-30-9-8-28-12-29(66)13-38(57(28,7)31(30)10-11-56(32,39)6)86-54-48(46(36(69)18-79-54)87-52-42(72)40(70)34(67)17-78-52)89-53-43(73)47(45(24(2)83-53)85-27(5)65)88-55-51(75)58(76,20-61)22-80-55/h8,23-24,29-55,61-62,66-76H,9-22H2,1-7H3/t23-,24-,29+,30+,31-,32-,33-,34+,35+,36-,37-,38+,39-,40-,41+,42+,43+,44-,45-,46-,47-,48+,49-,50-,51-,52-,53-,54-,55-,56-,57-,58+,59-,60-/m0/s1. The maximum atomic E-state index is 13.0. The maximum Gasteiger partial charge on any atom is 0.303 e. The number of carbonyl (C=O) groups is 3. The molecule has 34 atom stereocenters. The second kappa shape index (κ2) is 26.0. The zero-order valence-electron chi connectivity index (χ0n) is 51.5. The van der Waals surface area contributed by atoms with Crippen LogP contribution in [-0.4, -0.2) is 289 Å². The molecule has 0 amide bonds. The van der Waals surface area contributed by atoms with Crippen molar-refractivity contribution in [1.29, 1.82) is 0 Å². The molecule has 1 spiro atoms. The molecular weight excluding hydrogens is 1200 g/mol. The first-order chi connectivity index (χ1) is 42.5. The molecule has 512 valence electrons. The molecule has 0 aromatic carbocycles. The van der Waals surface area contributed by atoms with Gasteiger partial charge in [0.05, 0.1) is 89.1 Å². The van der Waals surface area contributed by atoms with Crippen LogP contribution >= 0.6 is 0 Å². The summed E-state index contributed by atoms with van der Waals surface area (Å²) in [6.07, 6.45) is -29.3. The summed E-state index contributed by atoms with van der Waals surface area (Å²) in [6.45, 7) is 6.79. The Morgan fingerprint density at radius 1 is 0.644 bits per heavy atom. The van der Waals surface area contributed by atoms with Gasteiger partial charge in [-0.1, -0.05) is 32.4 Å². The quantitative estimate of drug-likeness (QED) is 0.0419. The number of hydrogen-bond acceptors (Lipinski definition) is 30. The van der Waals surface area contributed by atoms with Crippen molar-refractivity contribution in [1.82, 2.24) is 0 Å². The maximum absolute atomic E-state index is 13.0. The lowest BCUT2D eigenvalue weighted by molar-refractivity contribution is -0.387. The summed E-state index contributed by atoms with van der Waals surface area (Å²) in [7, 11) is 0. The Hall–Kier alpha value is -2.81. The molecule has 7 heterocycles. The predicted octanol–water partition coefficient (Wildman–Crippen LogP) is -4.35. The van der Waals surface area contributed by atoms with Crippen LogP contribution in [0.3, 0.4) is 0 Å². The Balaban J connectivity index is 0.914. The Morgan fingerprint density at radius 2 is 1.31 bits per heavy atom. The Kier molecular flexibility index (Phi) is 19.8. The number of esters is 3. The van der Waals surface area contributed by atoms with E-state index in [1.54, 1.807) is 6.92 Å². The molecule has 0 bridgehead atoms. The lowest BCUT2D eigenvalue weighted by atomic mass is 9.46. The van der Waals surface area contributed by atoms with Crippen molar-refractivity contribution in [2.75, 3.05) is 52.9 Å². The van der Waals surface area contributed by atoms with Gasteiger partial charge < -0.3 is 133 Å². The van der Waals surface area contributed by atoms with Crippen molar-refractivity contribution in [3.8, 4) is 0 Å². The highest BCUT2D eigenvalue weighted by Gasteiger charge is 2.77. The second-order valence-corrected chi connectivity index (χ2v) is 27.7. The van der Waals surface area contributed by atoms with E-state index in [1.165, 1.54) is 20.8 Å². The zero-order chi connectivity index (χ0) is 65.1. The first-order valence-electron chi connectivity index (χ1n) is 31.5. The van der Waals surface area contributed by atoms with Crippen LogP contribution < -0.4 is 0 Å². The van der Waals surface area contributed by atoms with Gasteiger partial charge in [0.25, 0.3) is 0 Å². The van der Waals surface area contributed by atoms with Crippen LogP contribution in [0, 0.1) is 52.3 Å². The monoisotopic (exact) mass is 1290 g/mol. The number of aliphatic hydroxyl groups excluding tert-OH is 12. The average Bonchev–Trinajstić information content (AvgIpc) is 1.46. The predicted molar refractivity (Wildman–Crippen MR) is 294 cm³/mol. The van der Waals surface area contributed by atoms with Gasteiger partial charge in [-0.05, 0) is 62.2 Å². The van der Waals surface area contributed by atoms with Crippen molar-refractivity contribution in [2.24, 2.45) is 52.3 Å². The molecule has 4 aliphatic carbocycles. The summed E-state index contributed by atoms with van der Waals surface area (Å²) in [5.74, 6) is -7.66. The summed E-state index contributed by atoms with van der Waals surface area (Å²) in [5, 5.41) is 145. The number of hydrogen-bond donors (Lipinski definition) is 13. The van der Waals surface area contributed by atoms with Gasteiger partial charge in [-0.3, -0.25) is 14.4 Å². The highest BCUT2D eigenvalue weighted by molar-refractivity contribution is 5.67. The molecule has 11 rings (SSSR count). The van der Waals surface area contributed by atoms with E-state index in [0.717, 1.165) is 12.5 Å². The van der Waals surface area contributed by atoms with Gasteiger partial charge in [0.1, 0.15) is 90.6 Å². The topological polar surface area (TPSA) is 443 Å². The summed E-state index contributed by atoms with van der Waals surface area (Å²) in [4.78, 5) is 38.5. The normalized spacial score (nSPS) is 53.4. The van der Waals surface area contributed by atoms with Crippen LogP contribution in [0.2, 0.25) is 0 Å². The van der Waals surface area contributed by atoms with Crippen molar-refractivity contribution in [2.45, 2.75) is 239 Å². The van der Waals surface area contributed by atoms with E-state index in [4.69, 9.17) is 66.3 Å². The van der Waals surface area contributed by atoms with Crippen LogP contribution in [0.1, 0.15) is 87.0 Å². The van der Waals surface area contributed by atoms with Crippen molar-refractivity contribution < 1.29 is 147 Å². The number of ether oxygens (including phenoxy) is 14. The molecule has 0 radical (unpaired) electrons. The minimum Gasteiger partial charge on any atom is -0.465 e. The van der Waals surface area contributed by atoms with E-state index in [9.17, 15) is 80.8 Å². The largest absolute Gasteiger partial charge is 0.465 e. The molecule has 3 saturated carbocycles. The van der Waals surface area contributed by atoms with Gasteiger partial charge in [0.15, 0.2) is 37.1 Å². The molecule has 7 saturated heterocycles. The fraction of sp³-hybridized carbons (Fsp3) is 0.917. The molecule has 7 aliphatic heterocycles. The van der Waals surface area contributed by atoms with E-state index in [0.29, 0.717) is 25.7 Å². The second-order valence-electron chi connectivity index (χ2n) is 27.7. The number of fused-ring (bicyclic) bond motifs is 7. The molecular formula is C60H92O30. The molecule has 30 heteroatoms. The Labute approximate surface area is 519 Å². The summed E-state index contributed by atoms with van der Waals surface area (Å²) < 4.78 is 87.9. The Morgan fingerprint density at radius 3 is 1.99 bits per heavy atom. The average molecular weight is 1290 g/mol. The molecule has 0 unspecified atom stereocenters. The van der Waals surface area contributed by atoms with Gasteiger partial charge in [-0.2, -0.15) is 0 Å². The van der Waals surface area contributed by atoms with Gasteiger partial charge in [-0.25, -0.2) is 0 Å². The van der Waals surface area contributed by atoms with Crippen LogP contribution in [-0.2, 0) is 80.7 Å². The fourth-order valence-electron chi connectivity index (χ4n) is 17.8. The smallest absolute Gasteiger partial charge is 0.303 e. The summed E-state index contributed by atoms with van der Waals surface area (Å²) in [6, 6.07) is 0. The van der Waals surface area contributed by atoms with E-state index in [-0.39, 0.29) is 43.8 Å². The van der Waals surface area contributed by atoms with Crippen LogP contribution in [0.15, 0.2) is 11.6 Å². The third kappa shape index (κ3) is 11.6. The SMILES string of the molecule is CC(=O)OC[C@H]1[C@H]2[C@H](C[C@H]3[C@@H]4CC=C5C[C@@H](O)C[C@@H](O[C@@H]6OC[C@H](O)[C@H](O[C@@H]7OC[C@@H](O)[C@H](O)[C@H]7O)[C@H]6O[C@@H]6O[C@@H](C)[C@H](OC(C)=O)[C@@H](O[C@@H]7OC[C@](O)(CO)[C@H]7O)[C@H]6O)[C@]5(C)[C@H]4CC[C@]23C)O[C@@]12OC[C@H](C)[C@H](OC(C)=O)[C@H]2[C@]1(CO)OC[C@@H](O)[C@@H](O)[C@@H]1O. The molecule has 0 aromatic rings. The van der Waals surface area contributed by atoms with Crippen molar-refractivity contribution in [3.05, 3.63) is 11.6 Å². The molecule has 90 heavy (non-hydrogen) atoms. The van der Waals surface area contributed by atoms with Crippen LogP contribution in [0.25, 0.3) is 0 Å². The minimum absolute atomic E-state index is 0.0406. The van der Waals surface area contributed by atoms with Crippen molar-refractivity contribution in [3.63, 3.8) is 0 Å². The minimum atomic E-state index is -2.16. The van der Waals surface area contributed by atoms with E-state index in [1.807, 2.05) is 0 Å². The third-order valence-corrected chi connectivity index (χ3v) is 22.4. The molecule has 30 nitrogen and oxygen atoms in total. The number of aliphatic hydroxyl groups is 13. The van der Waals surface area contributed by atoms with Crippen LogP contribution in [0.4, 0.5) is 0 Å². The van der Waals surface area contributed by atoms with E-state index < -0.39 is 244 Å². The number of carbonyl (C=O) groups excluding carboxylic acids is 3. The zero-order valence-corrected chi connectivity index (χ0v) is 51.5. The van der Waals surface area contributed by atoms with Gasteiger partial charge in [-0.15, -0.1) is 0 Å². The number of rotatable bonds is 15. The van der Waals surface area contributed by atoms with Crippen molar-refractivity contribution >= 4 is 17.9 Å². The van der Waals surface area contributed by atoms with Crippen LogP contribution in [0.5, 0.6) is 0 Å².